The highest BCUT2D eigenvalue weighted by Gasteiger charge is 2.09. The molecule has 128 valence electrons. The Hall–Kier alpha value is -2.38. The number of aryl methyl sites for hydroxylation is 2. The molecule has 1 amide bonds. The van der Waals surface area contributed by atoms with Crippen LogP contribution in [0.5, 0.6) is 0 Å². The van der Waals surface area contributed by atoms with Crippen LogP contribution >= 0.6 is 23.4 Å². The number of benzene rings is 1. The number of pyridine rings is 1. The minimum atomic E-state index is -0.144. The number of hydrogen-bond acceptors (Lipinski definition) is 6. The lowest BCUT2D eigenvalue weighted by Gasteiger charge is -2.07. The fraction of sp³-hybridized carbons (Fsp3) is 0.176. The third-order valence-corrected chi connectivity index (χ3v) is 4.52. The molecule has 0 bridgehead atoms. The van der Waals surface area contributed by atoms with E-state index in [2.05, 4.69) is 20.4 Å². The average molecular weight is 375 g/mol. The van der Waals surface area contributed by atoms with Gasteiger partial charge in [0.2, 0.25) is 5.91 Å². The van der Waals surface area contributed by atoms with Crippen molar-refractivity contribution >= 4 is 35.0 Å². The second-order valence-corrected chi connectivity index (χ2v) is 6.75. The summed E-state index contributed by atoms with van der Waals surface area (Å²) in [5.74, 6) is 1.08. The molecule has 25 heavy (non-hydrogen) atoms. The predicted octanol–water partition coefficient (Wildman–Crippen LogP) is 4.13. The van der Waals surface area contributed by atoms with Crippen LogP contribution in [0.2, 0.25) is 5.02 Å². The molecule has 0 aliphatic heterocycles. The fourth-order valence-corrected chi connectivity index (χ4v) is 2.98. The van der Waals surface area contributed by atoms with E-state index >= 15 is 0 Å². The van der Waals surface area contributed by atoms with Gasteiger partial charge in [0.05, 0.1) is 27.1 Å². The summed E-state index contributed by atoms with van der Waals surface area (Å²) in [6.45, 7) is 3.70. The molecular weight excluding hydrogens is 360 g/mol. The Morgan fingerprint density at radius 2 is 2.12 bits per heavy atom. The maximum atomic E-state index is 12.1. The van der Waals surface area contributed by atoms with Crippen LogP contribution in [-0.4, -0.2) is 26.8 Å². The van der Waals surface area contributed by atoms with E-state index in [9.17, 15) is 4.79 Å². The van der Waals surface area contributed by atoms with Crippen LogP contribution in [0.3, 0.4) is 0 Å². The van der Waals surface area contributed by atoms with Gasteiger partial charge in [0, 0.05) is 6.20 Å². The van der Waals surface area contributed by atoms with Gasteiger partial charge in [0.15, 0.2) is 5.82 Å². The van der Waals surface area contributed by atoms with Gasteiger partial charge in [0.25, 0.3) is 5.89 Å². The normalized spacial score (nSPS) is 10.7. The van der Waals surface area contributed by atoms with Crippen LogP contribution in [-0.2, 0) is 4.79 Å². The Morgan fingerprint density at radius 3 is 2.76 bits per heavy atom. The predicted molar refractivity (Wildman–Crippen MR) is 97.8 cm³/mol. The van der Waals surface area contributed by atoms with Crippen molar-refractivity contribution in [2.45, 2.75) is 18.9 Å². The average Bonchev–Trinajstić information content (AvgIpc) is 3.02. The van der Waals surface area contributed by atoms with Gasteiger partial charge in [0.1, 0.15) is 0 Å². The molecule has 0 fully saturated rings. The lowest BCUT2D eigenvalue weighted by Crippen LogP contribution is -2.14. The first-order valence-corrected chi connectivity index (χ1v) is 8.83. The molecule has 1 aromatic carbocycles. The van der Waals surface area contributed by atoms with Gasteiger partial charge in [-0.3, -0.25) is 4.79 Å². The number of anilines is 1. The van der Waals surface area contributed by atoms with Crippen molar-refractivity contribution in [3.8, 4) is 11.5 Å². The highest BCUT2D eigenvalue weighted by atomic mass is 35.5. The molecule has 3 aromatic rings. The van der Waals surface area contributed by atoms with Crippen molar-refractivity contribution in [2.75, 3.05) is 11.1 Å². The van der Waals surface area contributed by atoms with Crippen molar-refractivity contribution < 1.29 is 9.32 Å². The third kappa shape index (κ3) is 4.58. The molecule has 0 saturated heterocycles. The number of rotatable bonds is 5. The van der Waals surface area contributed by atoms with E-state index in [4.69, 9.17) is 16.1 Å². The van der Waals surface area contributed by atoms with Crippen LogP contribution in [0.25, 0.3) is 11.5 Å². The summed E-state index contributed by atoms with van der Waals surface area (Å²) in [7, 11) is 0. The topological polar surface area (TPSA) is 80.9 Å². The Bertz CT molecular complexity index is 896. The summed E-state index contributed by atoms with van der Waals surface area (Å²) >= 11 is 7.45. The third-order valence-electron chi connectivity index (χ3n) is 3.26. The summed E-state index contributed by atoms with van der Waals surface area (Å²) in [4.78, 5) is 20.5. The summed E-state index contributed by atoms with van der Waals surface area (Å²) in [5.41, 5.74) is 2.38. The number of thioether (sulfide) groups is 1. The Morgan fingerprint density at radius 1 is 1.28 bits per heavy atom. The van der Waals surface area contributed by atoms with Crippen LogP contribution in [0, 0.1) is 13.8 Å². The zero-order valence-electron chi connectivity index (χ0n) is 13.6. The molecule has 0 aliphatic carbocycles. The van der Waals surface area contributed by atoms with Gasteiger partial charge in [-0.15, -0.1) is 0 Å². The zero-order valence-corrected chi connectivity index (χ0v) is 15.2. The minimum absolute atomic E-state index is 0.144. The SMILES string of the molecule is Cc1ccc(NC(=O)CSc2ccc(-c3nc(C)no3)cn2)c(Cl)c1. The van der Waals surface area contributed by atoms with E-state index in [1.54, 1.807) is 19.2 Å². The van der Waals surface area contributed by atoms with Crippen LogP contribution in [0.1, 0.15) is 11.4 Å². The van der Waals surface area contributed by atoms with Crippen LogP contribution in [0.15, 0.2) is 46.1 Å². The monoisotopic (exact) mass is 374 g/mol. The lowest BCUT2D eigenvalue weighted by atomic mass is 10.2. The van der Waals surface area contributed by atoms with Gasteiger partial charge in [-0.25, -0.2) is 4.98 Å². The first-order valence-electron chi connectivity index (χ1n) is 7.47. The van der Waals surface area contributed by atoms with E-state index in [0.717, 1.165) is 16.2 Å². The number of nitrogens with zero attached hydrogens (tertiary/aromatic N) is 3. The summed E-state index contributed by atoms with van der Waals surface area (Å²) in [5, 5.41) is 7.79. The van der Waals surface area contributed by atoms with Crippen molar-refractivity contribution in [1.29, 1.82) is 0 Å². The van der Waals surface area contributed by atoms with E-state index < -0.39 is 0 Å². The maximum absolute atomic E-state index is 12.1. The molecule has 2 aromatic heterocycles. The summed E-state index contributed by atoms with van der Waals surface area (Å²) in [6.07, 6.45) is 1.64. The first-order chi connectivity index (χ1) is 12.0. The lowest BCUT2D eigenvalue weighted by molar-refractivity contribution is -0.113. The van der Waals surface area contributed by atoms with Gasteiger partial charge >= 0.3 is 0 Å². The van der Waals surface area contributed by atoms with E-state index in [1.165, 1.54) is 11.8 Å². The van der Waals surface area contributed by atoms with E-state index in [0.29, 0.717) is 22.4 Å². The second-order valence-electron chi connectivity index (χ2n) is 5.35. The molecule has 0 unspecified atom stereocenters. The molecule has 0 atom stereocenters. The van der Waals surface area contributed by atoms with Crippen molar-refractivity contribution in [3.05, 3.63) is 52.9 Å². The number of nitrogens with one attached hydrogen (secondary N) is 1. The number of aromatic nitrogens is 3. The Labute approximate surface area is 154 Å². The van der Waals surface area contributed by atoms with Gasteiger partial charge in [-0.1, -0.05) is 34.6 Å². The summed E-state index contributed by atoms with van der Waals surface area (Å²) < 4.78 is 5.09. The van der Waals surface area contributed by atoms with Gasteiger partial charge in [-0.2, -0.15) is 4.98 Å². The molecule has 6 nitrogen and oxygen atoms in total. The molecule has 0 spiro atoms. The highest BCUT2D eigenvalue weighted by Crippen LogP contribution is 2.24. The van der Waals surface area contributed by atoms with Crippen molar-refractivity contribution in [1.82, 2.24) is 15.1 Å². The van der Waals surface area contributed by atoms with Gasteiger partial charge < -0.3 is 9.84 Å². The highest BCUT2D eigenvalue weighted by molar-refractivity contribution is 7.99. The molecule has 3 rings (SSSR count). The molecular formula is C17H15ClN4O2S. The second kappa shape index (κ2) is 7.67. The molecule has 1 N–H and O–H groups in total. The van der Waals surface area contributed by atoms with Crippen molar-refractivity contribution in [2.24, 2.45) is 0 Å². The number of carbonyl (C=O) groups excluding carboxylic acids is 1. The molecule has 0 saturated carbocycles. The Balaban J connectivity index is 1.57. The smallest absolute Gasteiger partial charge is 0.259 e. The number of hydrogen-bond donors (Lipinski definition) is 1. The van der Waals surface area contributed by atoms with Crippen LogP contribution < -0.4 is 5.32 Å². The zero-order chi connectivity index (χ0) is 17.8. The molecule has 0 radical (unpaired) electrons. The van der Waals surface area contributed by atoms with Gasteiger partial charge in [-0.05, 0) is 43.7 Å². The minimum Gasteiger partial charge on any atom is -0.334 e. The number of amides is 1. The largest absolute Gasteiger partial charge is 0.334 e. The summed E-state index contributed by atoms with van der Waals surface area (Å²) in [6, 6.07) is 9.14. The van der Waals surface area contributed by atoms with Crippen LogP contribution in [0.4, 0.5) is 5.69 Å². The molecule has 8 heteroatoms. The maximum Gasteiger partial charge on any atom is 0.259 e. The quantitative estimate of drug-likeness (QED) is 0.676. The van der Waals surface area contributed by atoms with E-state index in [-0.39, 0.29) is 11.7 Å². The van der Waals surface area contributed by atoms with E-state index in [1.807, 2.05) is 31.2 Å². The molecule has 2 heterocycles. The Kier molecular flexibility index (Phi) is 5.35. The fourth-order valence-electron chi connectivity index (χ4n) is 2.05. The number of halogens is 1. The van der Waals surface area contributed by atoms with Crippen molar-refractivity contribution in [3.63, 3.8) is 0 Å². The standard InChI is InChI=1S/C17H15ClN4O2S/c1-10-3-5-14(13(18)7-10)21-15(23)9-25-16-6-4-12(8-19-16)17-20-11(2)22-24-17/h3-8H,9H2,1-2H3,(H,21,23). The molecule has 0 aliphatic rings. The first kappa shape index (κ1) is 17.4. The number of carbonyl (C=O) groups is 1.